The third-order valence-electron chi connectivity index (χ3n) is 4.50. The smallest absolute Gasteiger partial charge is 0.224 e. The molecule has 1 N–H and O–H groups in total. The topological polar surface area (TPSA) is 38.3 Å². The van der Waals surface area contributed by atoms with Gasteiger partial charge in [0.05, 0.1) is 19.6 Å². The van der Waals surface area contributed by atoms with Crippen LogP contribution in [0.15, 0.2) is 36.4 Å². The number of nitrogens with one attached hydrogen (secondary N) is 1. The highest BCUT2D eigenvalue weighted by Gasteiger charge is 2.14. The number of carbonyl (C=O) groups is 1. The van der Waals surface area contributed by atoms with E-state index in [2.05, 4.69) is 44.3 Å². The SMILES string of the molecule is CC[C@@H](NC(=O)Cc1ccc(C)c(C)c1)c1ccc(OC)c(C)c1. The van der Waals surface area contributed by atoms with Crippen molar-refractivity contribution in [3.63, 3.8) is 0 Å². The molecule has 2 rings (SSSR count). The summed E-state index contributed by atoms with van der Waals surface area (Å²) in [5.41, 5.74) is 5.72. The summed E-state index contributed by atoms with van der Waals surface area (Å²) in [5, 5.41) is 3.15. The van der Waals surface area contributed by atoms with E-state index >= 15 is 0 Å². The minimum Gasteiger partial charge on any atom is -0.496 e. The lowest BCUT2D eigenvalue weighted by Crippen LogP contribution is -2.29. The quantitative estimate of drug-likeness (QED) is 0.853. The molecule has 0 heterocycles. The second-order valence-electron chi connectivity index (χ2n) is 6.35. The maximum absolute atomic E-state index is 12.4. The molecule has 0 bridgehead atoms. The molecule has 0 spiro atoms. The summed E-state index contributed by atoms with van der Waals surface area (Å²) in [6.45, 7) is 8.26. The molecule has 0 fully saturated rings. The fraction of sp³-hybridized carbons (Fsp3) is 0.381. The van der Waals surface area contributed by atoms with Gasteiger partial charge in [0.25, 0.3) is 0 Å². The van der Waals surface area contributed by atoms with Crippen molar-refractivity contribution in [1.29, 1.82) is 0 Å². The summed E-state index contributed by atoms with van der Waals surface area (Å²) in [4.78, 5) is 12.4. The zero-order valence-electron chi connectivity index (χ0n) is 15.3. The number of carbonyl (C=O) groups excluding carboxylic acids is 1. The van der Waals surface area contributed by atoms with Crippen LogP contribution in [-0.4, -0.2) is 13.0 Å². The van der Waals surface area contributed by atoms with Crippen molar-refractivity contribution in [1.82, 2.24) is 5.32 Å². The van der Waals surface area contributed by atoms with E-state index in [1.54, 1.807) is 7.11 Å². The number of hydrogen-bond acceptors (Lipinski definition) is 2. The average Bonchev–Trinajstić information content (AvgIpc) is 2.56. The highest BCUT2D eigenvalue weighted by Crippen LogP contribution is 2.24. The molecule has 2 aromatic rings. The lowest BCUT2D eigenvalue weighted by molar-refractivity contribution is -0.121. The number of rotatable bonds is 6. The highest BCUT2D eigenvalue weighted by molar-refractivity contribution is 5.79. The van der Waals surface area contributed by atoms with Crippen LogP contribution >= 0.6 is 0 Å². The number of hydrogen-bond donors (Lipinski definition) is 1. The van der Waals surface area contributed by atoms with E-state index in [9.17, 15) is 4.79 Å². The molecule has 0 aromatic heterocycles. The number of benzene rings is 2. The molecule has 24 heavy (non-hydrogen) atoms. The first kappa shape index (κ1) is 18.1. The molecule has 1 amide bonds. The van der Waals surface area contributed by atoms with Crippen molar-refractivity contribution in [3.05, 3.63) is 64.2 Å². The van der Waals surface area contributed by atoms with Gasteiger partial charge in [-0.05, 0) is 61.1 Å². The number of ether oxygens (including phenoxy) is 1. The molecule has 3 heteroatoms. The molecule has 0 aliphatic heterocycles. The number of amides is 1. The predicted molar refractivity (Wildman–Crippen MR) is 98.5 cm³/mol. The Morgan fingerprint density at radius 2 is 1.79 bits per heavy atom. The monoisotopic (exact) mass is 325 g/mol. The third-order valence-corrected chi connectivity index (χ3v) is 4.50. The molecule has 128 valence electrons. The van der Waals surface area contributed by atoms with Gasteiger partial charge in [0.15, 0.2) is 0 Å². The average molecular weight is 325 g/mol. The van der Waals surface area contributed by atoms with Crippen molar-refractivity contribution in [3.8, 4) is 5.75 Å². The first-order valence-electron chi connectivity index (χ1n) is 8.44. The number of aryl methyl sites for hydroxylation is 3. The van der Waals surface area contributed by atoms with Crippen molar-refractivity contribution in [2.45, 2.75) is 46.6 Å². The molecular formula is C21H27NO2. The Morgan fingerprint density at radius 1 is 1.04 bits per heavy atom. The summed E-state index contributed by atoms with van der Waals surface area (Å²) in [6.07, 6.45) is 1.26. The minimum absolute atomic E-state index is 0.0219. The molecule has 0 aliphatic rings. The zero-order chi connectivity index (χ0) is 17.7. The van der Waals surface area contributed by atoms with Gasteiger partial charge in [-0.15, -0.1) is 0 Å². The van der Waals surface area contributed by atoms with E-state index in [0.717, 1.165) is 28.9 Å². The standard InChI is InChI=1S/C21H27NO2/c1-6-19(18-9-10-20(24-5)16(4)12-18)22-21(23)13-17-8-7-14(2)15(3)11-17/h7-12,19H,6,13H2,1-5H3,(H,22,23)/t19-/m1/s1. The first-order chi connectivity index (χ1) is 11.4. The predicted octanol–water partition coefficient (Wildman–Crippen LogP) is 4.43. The zero-order valence-corrected chi connectivity index (χ0v) is 15.3. The molecule has 0 radical (unpaired) electrons. The fourth-order valence-electron chi connectivity index (χ4n) is 2.88. The van der Waals surface area contributed by atoms with Crippen molar-refractivity contribution >= 4 is 5.91 Å². The maximum Gasteiger partial charge on any atom is 0.224 e. The normalized spacial score (nSPS) is 11.9. The lowest BCUT2D eigenvalue weighted by Gasteiger charge is -2.19. The van der Waals surface area contributed by atoms with Crippen molar-refractivity contribution < 1.29 is 9.53 Å². The van der Waals surface area contributed by atoms with Gasteiger partial charge in [-0.1, -0.05) is 37.3 Å². The van der Waals surface area contributed by atoms with Crippen LogP contribution in [0.25, 0.3) is 0 Å². The maximum atomic E-state index is 12.4. The van der Waals surface area contributed by atoms with Gasteiger partial charge < -0.3 is 10.1 Å². The second kappa shape index (κ2) is 8.00. The Bertz CT molecular complexity index is 722. The van der Waals surface area contributed by atoms with Crippen LogP contribution in [0.2, 0.25) is 0 Å². The van der Waals surface area contributed by atoms with Crippen LogP contribution in [0, 0.1) is 20.8 Å². The Labute approximate surface area is 145 Å². The van der Waals surface area contributed by atoms with Gasteiger partial charge in [0.1, 0.15) is 5.75 Å². The molecule has 2 aromatic carbocycles. The molecule has 1 atom stereocenters. The minimum atomic E-state index is 0.0219. The fourth-order valence-corrected chi connectivity index (χ4v) is 2.88. The van der Waals surface area contributed by atoms with E-state index < -0.39 is 0 Å². The Balaban J connectivity index is 2.07. The van der Waals surface area contributed by atoms with Crippen LogP contribution in [-0.2, 0) is 11.2 Å². The summed E-state index contributed by atoms with van der Waals surface area (Å²) < 4.78 is 5.31. The van der Waals surface area contributed by atoms with Crippen LogP contribution in [0.1, 0.15) is 47.2 Å². The molecule has 0 saturated carbocycles. The molecule has 3 nitrogen and oxygen atoms in total. The van der Waals surface area contributed by atoms with Gasteiger partial charge in [-0.3, -0.25) is 4.79 Å². The molecular weight excluding hydrogens is 298 g/mol. The second-order valence-corrected chi connectivity index (χ2v) is 6.35. The van der Waals surface area contributed by atoms with Crippen molar-refractivity contribution in [2.75, 3.05) is 7.11 Å². The Kier molecular flexibility index (Phi) is 6.02. The van der Waals surface area contributed by atoms with Crippen LogP contribution in [0.3, 0.4) is 0 Å². The van der Waals surface area contributed by atoms with Gasteiger partial charge in [-0.25, -0.2) is 0 Å². The summed E-state index contributed by atoms with van der Waals surface area (Å²) in [5.74, 6) is 0.925. The van der Waals surface area contributed by atoms with E-state index in [-0.39, 0.29) is 11.9 Å². The summed E-state index contributed by atoms with van der Waals surface area (Å²) in [7, 11) is 1.67. The van der Waals surface area contributed by atoms with E-state index in [0.29, 0.717) is 6.42 Å². The summed E-state index contributed by atoms with van der Waals surface area (Å²) in [6, 6.07) is 12.3. The van der Waals surface area contributed by atoms with Crippen LogP contribution in [0.5, 0.6) is 5.75 Å². The largest absolute Gasteiger partial charge is 0.496 e. The molecule has 0 aliphatic carbocycles. The van der Waals surface area contributed by atoms with E-state index in [1.165, 1.54) is 11.1 Å². The van der Waals surface area contributed by atoms with Gasteiger partial charge in [0, 0.05) is 0 Å². The number of methoxy groups -OCH3 is 1. The van der Waals surface area contributed by atoms with E-state index in [4.69, 9.17) is 4.74 Å². The first-order valence-corrected chi connectivity index (χ1v) is 8.44. The summed E-state index contributed by atoms with van der Waals surface area (Å²) >= 11 is 0. The molecule has 0 unspecified atom stereocenters. The van der Waals surface area contributed by atoms with Crippen molar-refractivity contribution in [2.24, 2.45) is 0 Å². The third kappa shape index (κ3) is 4.38. The van der Waals surface area contributed by atoms with Gasteiger partial charge in [-0.2, -0.15) is 0 Å². The lowest BCUT2D eigenvalue weighted by atomic mass is 10.0. The van der Waals surface area contributed by atoms with Gasteiger partial charge >= 0.3 is 0 Å². The Hall–Kier alpha value is -2.29. The van der Waals surface area contributed by atoms with Gasteiger partial charge in [0.2, 0.25) is 5.91 Å². The van der Waals surface area contributed by atoms with E-state index in [1.807, 2.05) is 25.1 Å². The molecule has 0 saturated heterocycles. The Morgan fingerprint density at radius 3 is 2.38 bits per heavy atom. The van der Waals surface area contributed by atoms with Crippen LogP contribution < -0.4 is 10.1 Å². The van der Waals surface area contributed by atoms with Crippen LogP contribution in [0.4, 0.5) is 0 Å². The highest BCUT2D eigenvalue weighted by atomic mass is 16.5.